The van der Waals surface area contributed by atoms with Gasteiger partial charge < -0.3 is 5.32 Å². The molecule has 1 heterocycles. The van der Waals surface area contributed by atoms with Gasteiger partial charge in [0.1, 0.15) is 18.2 Å². The number of nitrogens with one attached hydrogen (secondary N) is 1. The lowest BCUT2D eigenvalue weighted by Crippen LogP contribution is -2.23. The number of hydrogen-bond donors (Lipinski definition) is 1. The normalized spacial score (nSPS) is 11.9. The van der Waals surface area contributed by atoms with E-state index in [0.29, 0.717) is 5.69 Å². The van der Waals surface area contributed by atoms with Gasteiger partial charge in [-0.25, -0.2) is 8.78 Å². The Morgan fingerprint density at radius 2 is 1.86 bits per heavy atom. The molecule has 3 nitrogen and oxygen atoms in total. The van der Waals surface area contributed by atoms with E-state index in [1.165, 1.54) is 12.3 Å². The van der Waals surface area contributed by atoms with Crippen LogP contribution in [0.5, 0.6) is 0 Å². The van der Waals surface area contributed by atoms with Gasteiger partial charge in [-0.2, -0.15) is 18.3 Å². The Balaban J connectivity index is 1.95. The highest BCUT2D eigenvalue weighted by Crippen LogP contribution is 2.18. The molecule has 1 aromatic carbocycles. The summed E-state index contributed by atoms with van der Waals surface area (Å²) in [6.07, 6.45) is -3.11. The van der Waals surface area contributed by atoms with Crippen LogP contribution in [-0.4, -0.2) is 16.0 Å². The average molecular weight is 305 g/mol. The maximum absolute atomic E-state index is 13.4. The van der Waals surface area contributed by atoms with Crippen LogP contribution in [0, 0.1) is 11.6 Å². The lowest BCUT2D eigenvalue weighted by molar-refractivity contribution is -0.143. The minimum absolute atomic E-state index is 0.000785. The highest BCUT2D eigenvalue weighted by Gasteiger charge is 2.29. The van der Waals surface area contributed by atoms with Crippen LogP contribution in [0.15, 0.2) is 30.5 Å². The van der Waals surface area contributed by atoms with Gasteiger partial charge in [0, 0.05) is 24.8 Å². The number of aromatic nitrogens is 2. The predicted octanol–water partition coefficient (Wildman–Crippen LogP) is 3.01. The van der Waals surface area contributed by atoms with Gasteiger partial charge >= 0.3 is 6.18 Å². The Morgan fingerprint density at radius 1 is 1.10 bits per heavy atom. The molecule has 0 fully saturated rings. The zero-order valence-electron chi connectivity index (χ0n) is 10.8. The number of nitrogens with zero attached hydrogens (tertiary/aromatic N) is 2. The molecule has 0 aliphatic rings. The molecule has 0 amide bonds. The molecule has 0 aliphatic carbocycles. The van der Waals surface area contributed by atoms with E-state index >= 15 is 0 Å². The topological polar surface area (TPSA) is 29.9 Å². The van der Waals surface area contributed by atoms with E-state index in [9.17, 15) is 22.0 Å². The number of hydrogen-bond acceptors (Lipinski definition) is 2. The Bertz CT molecular complexity index is 606. The van der Waals surface area contributed by atoms with Gasteiger partial charge in [-0.05, 0) is 24.3 Å². The molecule has 0 aliphatic heterocycles. The number of halogens is 5. The van der Waals surface area contributed by atoms with Crippen LogP contribution in [0.3, 0.4) is 0 Å². The van der Waals surface area contributed by atoms with Crippen molar-refractivity contribution in [3.63, 3.8) is 0 Å². The third-order valence-electron chi connectivity index (χ3n) is 2.76. The van der Waals surface area contributed by atoms with E-state index in [-0.39, 0.29) is 18.7 Å². The molecule has 1 aromatic heterocycles. The average Bonchev–Trinajstić information content (AvgIpc) is 2.79. The van der Waals surface area contributed by atoms with Gasteiger partial charge in [-0.3, -0.25) is 4.68 Å². The third-order valence-corrected chi connectivity index (χ3v) is 2.76. The molecule has 8 heteroatoms. The fraction of sp³-hybridized carbons (Fsp3) is 0.308. The summed E-state index contributed by atoms with van der Waals surface area (Å²) in [6, 6.07) is 4.47. The lowest BCUT2D eigenvalue weighted by Gasteiger charge is -2.11. The maximum atomic E-state index is 13.4. The molecule has 0 saturated carbocycles. The summed E-state index contributed by atoms with van der Waals surface area (Å²) in [5.41, 5.74) is 0.418. The Hall–Kier alpha value is -1.96. The first-order valence-corrected chi connectivity index (χ1v) is 6.07. The van der Waals surface area contributed by atoms with Crippen LogP contribution < -0.4 is 5.32 Å². The van der Waals surface area contributed by atoms with Crippen molar-refractivity contribution >= 4 is 0 Å². The quantitative estimate of drug-likeness (QED) is 0.861. The van der Waals surface area contributed by atoms with Crippen molar-refractivity contribution in [2.45, 2.75) is 25.8 Å². The number of benzene rings is 1. The van der Waals surface area contributed by atoms with E-state index < -0.39 is 24.4 Å². The summed E-state index contributed by atoms with van der Waals surface area (Å²) in [5, 5.41) is 6.34. The second-order valence-electron chi connectivity index (χ2n) is 4.43. The van der Waals surface area contributed by atoms with Crippen LogP contribution >= 0.6 is 0 Å². The van der Waals surface area contributed by atoms with Crippen molar-refractivity contribution in [3.05, 3.63) is 53.4 Å². The fourth-order valence-corrected chi connectivity index (χ4v) is 1.83. The number of alkyl halides is 3. The SMILES string of the molecule is Fc1ccc(F)c(CNCc2ccnn2CC(F)(F)F)c1. The minimum atomic E-state index is -4.37. The van der Waals surface area contributed by atoms with Crippen LogP contribution in [0.2, 0.25) is 0 Å². The van der Waals surface area contributed by atoms with E-state index in [1.54, 1.807) is 0 Å². The zero-order chi connectivity index (χ0) is 15.5. The van der Waals surface area contributed by atoms with E-state index in [4.69, 9.17) is 0 Å². The van der Waals surface area contributed by atoms with Gasteiger partial charge in [0.15, 0.2) is 0 Å². The van der Waals surface area contributed by atoms with Crippen molar-refractivity contribution in [2.75, 3.05) is 0 Å². The third kappa shape index (κ3) is 4.52. The highest BCUT2D eigenvalue weighted by molar-refractivity contribution is 5.18. The molecule has 1 N–H and O–H groups in total. The first kappa shape index (κ1) is 15.4. The largest absolute Gasteiger partial charge is 0.408 e. The van der Waals surface area contributed by atoms with Crippen LogP contribution in [0.1, 0.15) is 11.3 Å². The predicted molar refractivity (Wildman–Crippen MR) is 65.2 cm³/mol. The monoisotopic (exact) mass is 305 g/mol. The minimum Gasteiger partial charge on any atom is -0.307 e. The molecule has 0 saturated heterocycles. The summed E-state index contributed by atoms with van der Waals surface area (Å²) in [6.45, 7) is -1.13. The molecule has 0 atom stereocenters. The van der Waals surface area contributed by atoms with E-state index in [2.05, 4.69) is 10.4 Å². The van der Waals surface area contributed by atoms with Crippen LogP contribution in [0.4, 0.5) is 22.0 Å². The smallest absolute Gasteiger partial charge is 0.307 e. The van der Waals surface area contributed by atoms with E-state index in [1.807, 2.05) is 0 Å². The molecule has 2 rings (SSSR count). The molecule has 0 bridgehead atoms. The van der Waals surface area contributed by atoms with Crippen molar-refractivity contribution < 1.29 is 22.0 Å². The van der Waals surface area contributed by atoms with Gasteiger partial charge in [-0.1, -0.05) is 0 Å². The Labute approximate surface area is 117 Å². The number of rotatable bonds is 5. The summed E-state index contributed by atoms with van der Waals surface area (Å²) < 4.78 is 64.1. The molecule has 0 unspecified atom stereocenters. The van der Waals surface area contributed by atoms with Gasteiger partial charge in [-0.15, -0.1) is 0 Å². The van der Waals surface area contributed by atoms with Crippen LogP contribution in [0.25, 0.3) is 0 Å². The Morgan fingerprint density at radius 3 is 2.57 bits per heavy atom. The summed E-state index contributed by atoms with van der Waals surface area (Å²) in [4.78, 5) is 0. The molecule has 21 heavy (non-hydrogen) atoms. The second-order valence-corrected chi connectivity index (χ2v) is 4.43. The molecule has 114 valence electrons. The van der Waals surface area contributed by atoms with Crippen LogP contribution in [-0.2, 0) is 19.6 Å². The first-order chi connectivity index (χ1) is 9.85. The molecular formula is C13H12F5N3. The highest BCUT2D eigenvalue weighted by atomic mass is 19.4. The summed E-state index contributed by atoms with van der Waals surface area (Å²) in [5.74, 6) is -1.15. The van der Waals surface area contributed by atoms with Gasteiger partial charge in [0.2, 0.25) is 0 Å². The summed E-state index contributed by atoms with van der Waals surface area (Å²) >= 11 is 0. The van der Waals surface area contributed by atoms with E-state index in [0.717, 1.165) is 22.9 Å². The van der Waals surface area contributed by atoms with Gasteiger partial charge in [0.25, 0.3) is 0 Å². The molecule has 0 radical (unpaired) electrons. The van der Waals surface area contributed by atoms with Gasteiger partial charge in [0.05, 0.1) is 5.69 Å². The maximum Gasteiger partial charge on any atom is 0.408 e. The molecular weight excluding hydrogens is 293 g/mol. The second kappa shape index (κ2) is 6.21. The summed E-state index contributed by atoms with van der Waals surface area (Å²) in [7, 11) is 0. The fourth-order valence-electron chi connectivity index (χ4n) is 1.83. The molecule has 2 aromatic rings. The lowest BCUT2D eigenvalue weighted by atomic mass is 10.2. The van der Waals surface area contributed by atoms with Crippen molar-refractivity contribution in [2.24, 2.45) is 0 Å². The standard InChI is InChI=1S/C13H12F5N3/c14-10-1-2-12(15)9(5-10)6-19-7-11-3-4-20-21(11)8-13(16,17)18/h1-5,19H,6-8H2. The molecule has 0 spiro atoms. The zero-order valence-corrected chi connectivity index (χ0v) is 10.8. The first-order valence-electron chi connectivity index (χ1n) is 6.07. The van der Waals surface area contributed by atoms with Crippen molar-refractivity contribution in [1.82, 2.24) is 15.1 Å². The van der Waals surface area contributed by atoms with Crippen molar-refractivity contribution in [3.8, 4) is 0 Å². The Kier molecular flexibility index (Phi) is 4.56. The van der Waals surface area contributed by atoms with Crippen molar-refractivity contribution in [1.29, 1.82) is 0 Å².